The molecule has 5 heteroatoms. The Morgan fingerprint density at radius 2 is 2.05 bits per heavy atom. The van der Waals surface area contributed by atoms with Crippen LogP contribution in [0.5, 0.6) is 5.75 Å². The van der Waals surface area contributed by atoms with Crippen molar-refractivity contribution < 1.29 is 14.3 Å². The van der Waals surface area contributed by atoms with Crippen LogP contribution in [0.15, 0.2) is 24.3 Å². The molecule has 0 radical (unpaired) electrons. The van der Waals surface area contributed by atoms with Crippen LogP contribution in [0.1, 0.15) is 25.8 Å². The minimum Gasteiger partial charge on any atom is -0.497 e. The molecular weight excluding hydrogens is 268 g/mol. The van der Waals surface area contributed by atoms with Gasteiger partial charge in [-0.1, -0.05) is 12.1 Å². The first kappa shape index (κ1) is 15.4. The Balaban J connectivity index is 1.95. The third kappa shape index (κ3) is 3.97. The van der Waals surface area contributed by atoms with Gasteiger partial charge in [0, 0.05) is 25.6 Å². The molecule has 1 fully saturated rings. The number of rotatable bonds is 5. The molecule has 0 saturated carbocycles. The molecule has 0 aliphatic carbocycles. The monoisotopic (exact) mass is 290 g/mol. The average Bonchev–Trinajstić information content (AvgIpc) is 2.80. The van der Waals surface area contributed by atoms with Crippen LogP contribution in [0.25, 0.3) is 0 Å². The number of benzene rings is 1. The van der Waals surface area contributed by atoms with Gasteiger partial charge in [0.1, 0.15) is 5.75 Å². The molecule has 0 aromatic heterocycles. The van der Waals surface area contributed by atoms with Crippen LogP contribution >= 0.6 is 0 Å². The van der Waals surface area contributed by atoms with Gasteiger partial charge in [0.05, 0.1) is 13.0 Å². The minimum atomic E-state index is -0.238. The largest absolute Gasteiger partial charge is 0.497 e. The van der Waals surface area contributed by atoms with Gasteiger partial charge < -0.3 is 15.0 Å². The summed E-state index contributed by atoms with van der Waals surface area (Å²) < 4.78 is 5.11. The fraction of sp³-hybridized carbons (Fsp3) is 0.500. The van der Waals surface area contributed by atoms with Gasteiger partial charge in [-0.05, 0) is 31.5 Å². The van der Waals surface area contributed by atoms with E-state index in [1.807, 2.05) is 38.1 Å². The van der Waals surface area contributed by atoms with Gasteiger partial charge in [0.15, 0.2) is 0 Å². The lowest BCUT2D eigenvalue weighted by Gasteiger charge is -2.17. The van der Waals surface area contributed by atoms with Gasteiger partial charge in [-0.2, -0.15) is 0 Å². The average molecular weight is 290 g/mol. The van der Waals surface area contributed by atoms with E-state index in [-0.39, 0.29) is 23.8 Å². The lowest BCUT2D eigenvalue weighted by molar-refractivity contribution is -0.129. The summed E-state index contributed by atoms with van der Waals surface area (Å²) in [5.74, 6) is 0.559. The molecule has 1 aliphatic heterocycles. The van der Waals surface area contributed by atoms with Crippen molar-refractivity contribution in [3.63, 3.8) is 0 Å². The summed E-state index contributed by atoms with van der Waals surface area (Å²) in [6, 6.07) is 7.72. The third-order valence-corrected chi connectivity index (χ3v) is 3.55. The summed E-state index contributed by atoms with van der Waals surface area (Å²) in [5.41, 5.74) is 1.04. The van der Waals surface area contributed by atoms with Crippen LogP contribution in [-0.2, 0) is 16.1 Å². The van der Waals surface area contributed by atoms with Crippen LogP contribution in [0, 0.1) is 5.92 Å². The normalized spacial score (nSPS) is 18.2. The van der Waals surface area contributed by atoms with E-state index < -0.39 is 0 Å². The predicted molar refractivity (Wildman–Crippen MR) is 79.8 cm³/mol. The highest BCUT2D eigenvalue weighted by molar-refractivity contribution is 5.89. The maximum Gasteiger partial charge on any atom is 0.225 e. The van der Waals surface area contributed by atoms with Gasteiger partial charge in [0.25, 0.3) is 0 Å². The van der Waals surface area contributed by atoms with E-state index in [4.69, 9.17) is 4.74 Å². The number of nitrogens with one attached hydrogen (secondary N) is 1. The molecule has 1 N–H and O–H groups in total. The fourth-order valence-electron chi connectivity index (χ4n) is 2.45. The molecule has 0 spiro atoms. The number of carbonyl (C=O) groups is 2. The van der Waals surface area contributed by atoms with Crippen molar-refractivity contribution in [1.82, 2.24) is 10.2 Å². The van der Waals surface area contributed by atoms with Crippen molar-refractivity contribution in [2.75, 3.05) is 13.7 Å². The Morgan fingerprint density at radius 1 is 1.38 bits per heavy atom. The molecule has 114 valence electrons. The highest BCUT2D eigenvalue weighted by atomic mass is 16.5. The zero-order chi connectivity index (χ0) is 15.4. The van der Waals surface area contributed by atoms with Crippen molar-refractivity contribution in [2.24, 2.45) is 5.92 Å². The molecule has 2 amide bonds. The third-order valence-electron chi connectivity index (χ3n) is 3.55. The lowest BCUT2D eigenvalue weighted by atomic mass is 10.1. The number of amides is 2. The summed E-state index contributed by atoms with van der Waals surface area (Å²) in [4.78, 5) is 25.7. The van der Waals surface area contributed by atoms with E-state index in [0.29, 0.717) is 19.5 Å². The highest BCUT2D eigenvalue weighted by Gasteiger charge is 2.34. The summed E-state index contributed by atoms with van der Waals surface area (Å²) in [5, 5.41) is 2.87. The summed E-state index contributed by atoms with van der Waals surface area (Å²) in [7, 11) is 1.62. The summed E-state index contributed by atoms with van der Waals surface area (Å²) in [6.07, 6.45) is 0.300. The Bertz CT molecular complexity index is 511. The number of nitrogens with zero attached hydrogens (tertiary/aromatic N) is 1. The zero-order valence-electron chi connectivity index (χ0n) is 12.8. The Hall–Kier alpha value is -2.04. The second kappa shape index (κ2) is 6.61. The number of carbonyl (C=O) groups excluding carboxylic acids is 2. The zero-order valence-corrected chi connectivity index (χ0v) is 12.8. The van der Waals surface area contributed by atoms with Crippen LogP contribution in [-0.4, -0.2) is 36.4 Å². The van der Waals surface area contributed by atoms with Gasteiger partial charge in [-0.3, -0.25) is 9.59 Å². The number of ether oxygens (including phenoxy) is 1. The van der Waals surface area contributed by atoms with Crippen LogP contribution < -0.4 is 10.1 Å². The molecule has 21 heavy (non-hydrogen) atoms. The van der Waals surface area contributed by atoms with E-state index in [2.05, 4.69) is 5.32 Å². The standard InChI is InChI=1S/C16H22N2O3/c1-11(2)17-16(20)13-8-15(19)18(10-13)9-12-4-6-14(21-3)7-5-12/h4-7,11,13H,8-10H2,1-3H3,(H,17,20)/t13-/m1/s1. The van der Waals surface area contributed by atoms with E-state index in [9.17, 15) is 9.59 Å². The first-order valence-electron chi connectivity index (χ1n) is 7.20. The van der Waals surface area contributed by atoms with Crippen molar-refractivity contribution in [3.8, 4) is 5.75 Å². The van der Waals surface area contributed by atoms with E-state index in [1.165, 1.54) is 0 Å². The van der Waals surface area contributed by atoms with E-state index in [0.717, 1.165) is 11.3 Å². The molecule has 1 heterocycles. The molecular formula is C16H22N2O3. The first-order chi connectivity index (χ1) is 9.99. The molecule has 5 nitrogen and oxygen atoms in total. The highest BCUT2D eigenvalue weighted by Crippen LogP contribution is 2.21. The van der Waals surface area contributed by atoms with Crippen LogP contribution in [0.2, 0.25) is 0 Å². The molecule has 2 rings (SSSR count). The molecule has 0 unspecified atom stereocenters. The smallest absolute Gasteiger partial charge is 0.225 e. The van der Waals surface area contributed by atoms with Crippen LogP contribution in [0.3, 0.4) is 0 Å². The van der Waals surface area contributed by atoms with Crippen molar-refractivity contribution >= 4 is 11.8 Å². The lowest BCUT2D eigenvalue weighted by Crippen LogP contribution is -2.36. The van der Waals surface area contributed by atoms with Crippen molar-refractivity contribution in [3.05, 3.63) is 29.8 Å². The molecule has 1 saturated heterocycles. The van der Waals surface area contributed by atoms with Gasteiger partial charge in [-0.25, -0.2) is 0 Å². The molecule has 1 aromatic rings. The SMILES string of the molecule is COc1ccc(CN2C[C@H](C(=O)NC(C)C)CC2=O)cc1. The van der Waals surface area contributed by atoms with Crippen LogP contribution in [0.4, 0.5) is 0 Å². The number of methoxy groups -OCH3 is 1. The maximum absolute atomic E-state index is 12.0. The molecule has 1 atom stereocenters. The quantitative estimate of drug-likeness (QED) is 0.895. The number of likely N-dealkylation sites (tertiary alicyclic amines) is 1. The Labute approximate surface area is 125 Å². The topological polar surface area (TPSA) is 58.6 Å². The predicted octanol–water partition coefficient (Wildman–Crippen LogP) is 1.57. The van der Waals surface area contributed by atoms with E-state index in [1.54, 1.807) is 12.0 Å². The van der Waals surface area contributed by atoms with Crippen molar-refractivity contribution in [1.29, 1.82) is 0 Å². The summed E-state index contributed by atoms with van der Waals surface area (Å²) in [6.45, 7) is 4.87. The number of hydrogen-bond acceptors (Lipinski definition) is 3. The molecule has 0 bridgehead atoms. The van der Waals surface area contributed by atoms with Gasteiger partial charge >= 0.3 is 0 Å². The number of hydrogen-bond donors (Lipinski definition) is 1. The second-order valence-electron chi connectivity index (χ2n) is 5.69. The Morgan fingerprint density at radius 3 is 2.62 bits per heavy atom. The maximum atomic E-state index is 12.0. The second-order valence-corrected chi connectivity index (χ2v) is 5.69. The van der Waals surface area contributed by atoms with Gasteiger partial charge in [-0.15, -0.1) is 0 Å². The summed E-state index contributed by atoms with van der Waals surface area (Å²) >= 11 is 0. The van der Waals surface area contributed by atoms with Crippen molar-refractivity contribution in [2.45, 2.75) is 32.9 Å². The Kier molecular flexibility index (Phi) is 4.83. The fourth-order valence-corrected chi connectivity index (χ4v) is 2.45. The van der Waals surface area contributed by atoms with Gasteiger partial charge in [0.2, 0.25) is 11.8 Å². The molecule has 1 aliphatic rings. The first-order valence-corrected chi connectivity index (χ1v) is 7.20. The minimum absolute atomic E-state index is 0.0319. The van der Waals surface area contributed by atoms with E-state index >= 15 is 0 Å². The molecule has 1 aromatic carbocycles.